The van der Waals surface area contributed by atoms with Gasteiger partial charge in [0, 0.05) is 62.4 Å². The molecule has 1 aliphatic carbocycles. The molecule has 2 aliphatic heterocycles. The molecule has 1 saturated carbocycles. The van der Waals surface area contributed by atoms with Crippen LogP contribution < -0.4 is 10.6 Å². The zero-order chi connectivity index (χ0) is 22.1. The van der Waals surface area contributed by atoms with E-state index in [1.807, 2.05) is 11.8 Å². The SMILES string of the molecule is CC[C@@H]1CN(C2CCC[C@@H](NC(=O)C3Cc4c(F)ccc(C)c4N3)C2)CCN1C(C)=O. The molecule has 1 aromatic rings. The van der Waals surface area contributed by atoms with Gasteiger partial charge in [-0.25, -0.2) is 4.39 Å². The van der Waals surface area contributed by atoms with Gasteiger partial charge in [-0.15, -0.1) is 0 Å². The van der Waals surface area contributed by atoms with E-state index in [0.717, 1.165) is 63.0 Å². The zero-order valence-corrected chi connectivity index (χ0v) is 18.9. The summed E-state index contributed by atoms with van der Waals surface area (Å²) in [4.78, 5) is 29.4. The summed E-state index contributed by atoms with van der Waals surface area (Å²) >= 11 is 0. The van der Waals surface area contributed by atoms with Crippen molar-refractivity contribution in [2.24, 2.45) is 0 Å². The fourth-order valence-corrected chi connectivity index (χ4v) is 5.63. The Morgan fingerprint density at radius 1 is 1.26 bits per heavy atom. The number of nitrogens with one attached hydrogen (secondary N) is 2. The van der Waals surface area contributed by atoms with Gasteiger partial charge >= 0.3 is 0 Å². The Bertz CT molecular complexity index is 814. The lowest BCUT2D eigenvalue weighted by atomic mass is 9.88. The quantitative estimate of drug-likeness (QED) is 0.771. The van der Waals surface area contributed by atoms with Gasteiger partial charge in [-0.05, 0) is 50.7 Å². The molecule has 3 aliphatic rings. The first kappa shape index (κ1) is 22.1. The number of benzene rings is 1. The molecule has 0 aromatic heterocycles. The van der Waals surface area contributed by atoms with Crippen LogP contribution in [-0.4, -0.2) is 65.4 Å². The Labute approximate surface area is 184 Å². The van der Waals surface area contributed by atoms with Gasteiger partial charge in [0.15, 0.2) is 0 Å². The first-order valence-electron chi connectivity index (χ1n) is 11.7. The normalized spacial score (nSPS) is 28.7. The molecule has 0 bridgehead atoms. The largest absolute Gasteiger partial charge is 0.373 e. The molecule has 2 amide bonds. The number of anilines is 1. The van der Waals surface area contributed by atoms with Crippen molar-refractivity contribution in [2.45, 2.75) is 83.5 Å². The molecule has 2 fully saturated rings. The number of halogens is 1. The highest BCUT2D eigenvalue weighted by molar-refractivity contribution is 5.88. The second kappa shape index (κ2) is 9.15. The molecule has 6 nitrogen and oxygen atoms in total. The second-order valence-electron chi connectivity index (χ2n) is 9.41. The Morgan fingerprint density at radius 3 is 2.77 bits per heavy atom. The van der Waals surface area contributed by atoms with E-state index < -0.39 is 6.04 Å². The third-order valence-electron chi connectivity index (χ3n) is 7.41. The lowest BCUT2D eigenvalue weighted by Crippen LogP contribution is -2.58. The van der Waals surface area contributed by atoms with Crippen LogP contribution in [0.1, 0.15) is 57.1 Å². The Hall–Kier alpha value is -2.15. The first-order chi connectivity index (χ1) is 14.9. The van der Waals surface area contributed by atoms with Crippen molar-refractivity contribution in [2.75, 3.05) is 25.0 Å². The van der Waals surface area contributed by atoms with E-state index >= 15 is 0 Å². The third kappa shape index (κ3) is 4.56. The van der Waals surface area contributed by atoms with Crippen LogP contribution in [0, 0.1) is 12.7 Å². The monoisotopic (exact) mass is 430 g/mol. The highest BCUT2D eigenvalue weighted by Crippen LogP contribution is 2.32. The number of piperazine rings is 1. The summed E-state index contributed by atoms with van der Waals surface area (Å²) in [6.07, 6.45) is 5.52. The number of carbonyl (C=O) groups excluding carboxylic acids is 2. The van der Waals surface area contributed by atoms with E-state index in [0.29, 0.717) is 18.0 Å². The van der Waals surface area contributed by atoms with Gasteiger partial charge in [-0.3, -0.25) is 14.5 Å². The lowest BCUT2D eigenvalue weighted by molar-refractivity contribution is -0.134. The summed E-state index contributed by atoms with van der Waals surface area (Å²) in [6, 6.07) is 3.69. The standard InChI is InChI=1S/C24H35FN4O2/c1-4-18-14-28(10-11-29(18)16(3)30)19-7-5-6-17(12-19)26-24(31)22-13-20-21(25)9-8-15(2)23(20)27-22/h8-9,17-19,22,27H,4-7,10-14H2,1-3H3,(H,26,31)/t17-,18-,19?,22?/m1/s1. The molecular formula is C24H35FN4O2. The molecule has 1 saturated heterocycles. The van der Waals surface area contributed by atoms with Crippen LogP contribution in [0.2, 0.25) is 0 Å². The minimum absolute atomic E-state index is 0.0338. The van der Waals surface area contributed by atoms with Crippen LogP contribution in [0.25, 0.3) is 0 Å². The maximum Gasteiger partial charge on any atom is 0.243 e. The van der Waals surface area contributed by atoms with Gasteiger partial charge in [0.1, 0.15) is 11.9 Å². The van der Waals surface area contributed by atoms with Crippen LogP contribution in [0.3, 0.4) is 0 Å². The molecule has 1 aromatic carbocycles. The topological polar surface area (TPSA) is 64.7 Å². The number of aryl methyl sites for hydroxylation is 1. The van der Waals surface area contributed by atoms with Crippen molar-refractivity contribution in [1.29, 1.82) is 0 Å². The molecule has 2 heterocycles. The summed E-state index contributed by atoms with van der Waals surface area (Å²) in [5.74, 6) is -0.109. The number of carbonyl (C=O) groups is 2. The fourth-order valence-electron chi connectivity index (χ4n) is 5.63. The van der Waals surface area contributed by atoms with Gasteiger partial charge in [0.2, 0.25) is 11.8 Å². The first-order valence-corrected chi connectivity index (χ1v) is 11.7. The van der Waals surface area contributed by atoms with E-state index in [-0.39, 0.29) is 29.7 Å². The molecule has 2 N–H and O–H groups in total. The Kier molecular flexibility index (Phi) is 6.51. The zero-order valence-electron chi connectivity index (χ0n) is 18.9. The predicted octanol–water partition coefficient (Wildman–Crippen LogP) is 2.84. The third-order valence-corrected chi connectivity index (χ3v) is 7.41. The van der Waals surface area contributed by atoms with Gasteiger partial charge in [-0.2, -0.15) is 0 Å². The molecule has 2 unspecified atom stereocenters. The van der Waals surface area contributed by atoms with Crippen molar-refractivity contribution in [3.05, 3.63) is 29.1 Å². The molecule has 0 spiro atoms. The summed E-state index contributed by atoms with van der Waals surface area (Å²) < 4.78 is 14.2. The molecular weight excluding hydrogens is 395 g/mol. The van der Waals surface area contributed by atoms with Crippen molar-refractivity contribution in [3.63, 3.8) is 0 Å². The van der Waals surface area contributed by atoms with E-state index in [2.05, 4.69) is 22.5 Å². The van der Waals surface area contributed by atoms with Crippen LogP contribution in [0.15, 0.2) is 12.1 Å². The van der Waals surface area contributed by atoms with Gasteiger partial charge in [-0.1, -0.05) is 13.0 Å². The minimum Gasteiger partial charge on any atom is -0.373 e. The number of nitrogens with zero attached hydrogens (tertiary/aromatic N) is 2. The number of fused-ring (bicyclic) bond motifs is 1. The van der Waals surface area contributed by atoms with Crippen LogP contribution in [0.5, 0.6) is 0 Å². The van der Waals surface area contributed by atoms with E-state index in [9.17, 15) is 14.0 Å². The number of hydrogen-bond donors (Lipinski definition) is 2. The van der Waals surface area contributed by atoms with Gasteiger partial charge < -0.3 is 15.5 Å². The summed E-state index contributed by atoms with van der Waals surface area (Å²) in [7, 11) is 0. The van der Waals surface area contributed by atoms with Crippen LogP contribution in [0.4, 0.5) is 10.1 Å². The number of rotatable bonds is 4. The number of hydrogen-bond acceptors (Lipinski definition) is 4. The van der Waals surface area contributed by atoms with Crippen LogP contribution in [-0.2, 0) is 16.0 Å². The average molecular weight is 431 g/mol. The van der Waals surface area contributed by atoms with Crippen molar-refractivity contribution in [1.82, 2.24) is 15.1 Å². The van der Waals surface area contributed by atoms with Gasteiger partial charge in [0.25, 0.3) is 0 Å². The van der Waals surface area contributed by atoms with E-state index in [4.69, 9.17) is 0 Å². The summed E-state index contributed by atoms with van der Waals surface area (Å²) in [5.41, 5.74) is 2.37. The van der Waals surface area contributed by atoms with E-state index in [1.165, 1.54) is 6.07 Å². The molecule has 4 rings (SSSR count). The van der Waals surface area contributed by atoms with Crippen molar-refractivity contribution in [3.8, 4) is 0 Å². The highest BCUT2D eigenvalue weighted by Gasteiger charge is 2.35. The summed E-state index contributed by atoms with van der Waals surface area (Å²) in [5, 5.41) is 6.48. The smallest absolute Gasteiger partial charge is 0.243 e. The molecule has 7 heteroatoms. The second-order valence-corrected chi connectivity index (χ2v) is 9.41. The van der Waals surface area contributed by atoms with Crippen molar-refractivity contribution >= 4 is 17.5 Å². The van der Waals surface area contributed by atoms with Gasteiger partial charge in [0.05, 0.1) is 0 Å². The highest BCUT2D eigenvalue weighted by atomic mass is 19.1. The Balaban J connectivity index is 1.33. The molecule has 0 radical (unpaired) electrons. The fraction of sp³-hybridized carbons (Fsp3) is 0.667. The minimum atomic E-state index is -0.408. The molecule has 31 heavy (non-hydrogen) atoms. The van der Waals surface area contributed by atoms with E-state index in [1.54, 1.807) is 13.0 Å². The average Bonchev–Trinajstić information content (AvgIpc) is 3.23. The maximum absolute atomic E-state index is 14.2. The number of amides is 2. The molecule has 4 atom stereocenters. The lowest BCUT2D eigenvalue weighted by Gasteiger charge is -2.46. The van der Waals surface area contributed by atoms with Crippen LogP contribution >= 0.6 is 0 Å². The summed E-state index contributed by atoms with van der Waals surface area (Å²) in [6.45, 7) is 8.35. The maximum atomic E-state index is 14.2. The molecule has 170 valence electrons. The van der Waals surface area contributed by atoms with Crippen molar-refractivity contribution < 1.29 is 14.0 Å². The Morgan fingerprint density at radius 2 is 2.06 bits per heavy atom. The predicted molar refractivity (Wildman–Crippen MR) is 119 cm³/mol.